The van der Waals surface area contributed by atoms with E-state index in [1.165, 1.54) is 0 Å². The van der Waals surface area contributed by atoms with Gasteiger partial charge in [-0.25, -0.2) is 0 Å². The first-order valence-electron chi connectivity index (χ1n) is 5.04. The molecule has 0 radical (unpaired) electrons. The Hall–Kier alpha value is -0.480. The largest absolute Gasteiger partial charge is 0.495 e. The molecule has 0 aliphatic carbocycles. The van der Waals surface area contributed by atoms with Gasteiger partial charge in [0, 0.05) is 17.1 Å². The molecule has 0 heterocycles. The molecule has 0 saturated heterocycles. The van der Waals surface area contributed by atoms with Crippen molar-refractivity contribution in [2.45, 2.75) is 12.5 Å². The van der Waals surface area contributed by atoms with E-state index >= 15 is 0 Å². The highest BCUT2D eigenvalue weighted by Gasteiger charge is 2.15. The molecule has 0 aliphatic heterocycles. The third kappa shape index (κ3) is 3.01. The summed E-state index contributed by atoms with van der Waals surface area (Å²) in [7, 11) is 3.43. The second-order valence-electron chi connectivity index (χ2n) is 3.43. The summed E-state index contributed by atoms with van der Waals surface area (Å²) in [6.45, 7) is 0.589. The maximum Gasteiger partial charge on any atom is 0.138 e. The van der Waals surface area contributed by atoms with Crippen molar-refractivity contribution >= 4 is 23.2 Å². The average Bonchev–Trinajstić information content (AvgIpc) is 2.28. The third-order valence-electron chi connectivity index (χ3n) is 2.45. The SMILES string of the molecule is CNC(CCN)c1cc(Cl)c(OC)cc1Cl. The highest BCUT2D eigenvalue weighted by Crippen LogP contribution is 2.34. The van der Waals surface area contributed by atoms with E-state index in [0.717, 1.165) is 12.0 Å². The molecule has 5 heteroatoms. The van der Waals surface area contributed by atoms with Gasteiger partial charge in [0.15, 0.2) is 0 Å². The van der Waals surface area contributed by atoms with E-state index in [2.05, 4.69) is 5.32 Å². The van der Waals surface area contributed by atoms with Crippen molar-refractivity contribution < 1.29 is 4.74 Å². The lowest BCUT2D eigenvalue weighted by atomic mass is 10.0. The average molecular weight is 263 g/mol. The Kier molecular flexibility index (Phi) is 5.35. The molecule has 1 aromatic rings. The molecule has 1 atom stereocenters. The number of rotatable bonds is 5. The number of methoxy groups -OCH3 is 1. The number of hydrogen-bond acceptors (Lipinski definition) is 3. The molecule has 0 spiro atoms. The second-order valence-corrected chi connectivity index (χ2v) is 4.24. The molecule has 16 heavy (non-hydrogen) atoms. The number of hydrogen-bond donors (Lipinski definition) is 2. The normalized spacial score (nSPS) is 12.6. The van der Waals surface area contributed by atoms with E-state index < -0.39 is 0 Å². The molecule has 0 fully saturated rings. The van der Waals surface area contributed by atoms with Crippen LogP contribution in [0.4, 0.5) is 0 Å². The summed E-state index contributed by atoms with van der Waals surface area (Å²) in [5.41, 5.74) is 6.49. The highest BCUT2D eigenvalue weighted by atomic mass is 35.5. The maximum absolute atomic E-state index is 6.17. The Bertz CT molecular complexity index is 358. The van der Waals surface area contributed by atoms with Crippen LogP contribution in [0.5, 0.6) is 5.75 Å². The van der Waals surface area contributed by atoms with E-state index in [0.29, 0.717) is 22.3 Å². The third-order valence-corrected chi connectivity index (χ3v) is 3.07. The zero-order valence-corrected chi connectivity index (χ0v) is 10.9. The number of halogens is 2. The first kappa shape index (κ1) is 13.6. The van der Waals surface area contributed by atoms with Crippen LogP contribution in [0, 0.1) is 0 Å². The lowest BCUT2D eigenvalue weighted by Crippen LogP contribution is -2.20. The van der Waals surface area contributed by atoms with Gasteiger partial charge in [-0.2, -0.15) is 0 Å². The van der Waals surface area contributed by atoms with Crippen molar-refractivity contribution in [2.75, 3.05) is 20.7 Å². The van der Waals surface area contributed by atoms with Crippen molar-refractivity contribution in [3.05, 3.63) is 27.7 Å². The standard InChI is InChI=1S/C11H16Cl2N2O/c1-15-10(3-4-14)7-5-9(13)11(16-2)6-8(7)12/h5-6,10,15H,3-4,14H2,1-2H3. The lowest BCUT2D eigenvalue weighted by molar-refractivity contribution is 0.414. The molecule has 0 bridgehead atoms. The fourth-order valence-electron chi connectivity index (χ4n) is 1.59. The molecule has 1 aromatic carbocycles. The Balaban J connectivity index is 3.08. The molecule has 1 rings (SSSR count). The Morgan fingerprint density at radius 2 is 2.06 bits per heavy atom. The van der Waals surface area contributed by atoms with E-state index in [9.17, 15) is 0 Å². The van der Waals surface area contributed by atoms with Crippen LogP contribution in [0.2, 0.25) is 10.0 Å². The van der Waals surface area contributed by atoms with Crippen LogP contribution >= 0.6 is 23.2 Å². The van der Waals surface area contributed by atoms with Crippen LogP contribution in [0.15, 0.2) is 12.1 Å². The van der Waals surface area contributed by atoms with Gasteiger partial charge in [-0.1, -0.05) is 23.2 Å². The van der Waals surface area contributed by atoms with E-state index in [1.807, 2.05) is 13.1 Å². The molecule has 0 aromatic heterocycles. The Labute approximate surface area is 106 Å². The van der Waals surface area contributed by atoms with Gasteiger partial charge < -0.3 is 15.8 Å². The lowest BCUT2D eigenvalue weighted by Gasteiger charge is -2.18. The minimum absolute atomic E-state index is 0.112. The molecule has 3 nitrogen and oxygen atoms in total. The van der Waals surface area contributed by atoms with Gasteiger partial charge in [0.05, 0.1) is 12.1 Å². The molecular weight excluding hydrogens is 247 g/mol. The molecule has 3 N–H and O–H groups in total. The monoisotopic (exact) mass is 262 g/mol. The molecular formula is C11H16Cl2N2O. The quantitative estimate of drug-likeness (QED) is 0.858. The van der Waals surface area contributed by atoms with E-state index in [-0.39, 0.29) is 6.04 Å². The zero-order chi connectivity index (χ0) is 12.1. The minimum Gasteiger partial charge on any atom is -0.495 e. The van der Waals surface area contributed by atoms with Crippen LogP contribution in [-0.4, -0.2) is 20.7 Å². The van der Waals surface area contributed by atoms with Gasteiger partial charge in [-0.05, 0) is 31.6 Å². The minimum atomic E-state index is 0.112. The van der Waals surface area contributed by atoms with Crippen LogP contribution in [0.3, 0.4) is 0 Å². The molecule has 0 amide bonds. The number of nitrogens with two attached hydrogens (primary N) is 1. The van der Waals surface area contributed by atoms with Gasteiger partial charge in [-0.15, -0.1) is 0 Å². The van der Waals surface area contributed by atoms with E-state index in [4.69, 9.17) is 33.7 Å². The maximum atomic E-state index is 6.17. The molecule has 0 aliphatic rings. The summed E-state index contributed by atoms with van der Waals surface area (Å²) in [4.78, 5) is 0. The number of benzene rings is 1. The first-order chi connectivity index (χ1) is 7.63. The fraction of sp³-hybridized carbons (Fsp3) is 0.455. The second kappa shape index (κ2) is 6.30. The summed E-state index contributed by atoms with van der Waals surface area (Å²) in [6, 6.07) is 3.65. The van der Waals surface area contributed by atoms with Gasteiger partial charge >= 0.3 is 0 Å². The summed E-state index contributed by atoms with van der Waals surface area (Å²) in [5.74, 6) is 0.581. The Morgan fingerprint density at radius 1 is 1.38 bits per heavy atom. The van der Waals surface area contributed by atoms with Crippen molar-refractivity contribution in [1.82, 2.24) is 5.32 Å². The van der Waals surface area contributed by atoms with E-state index in [1.54, 1.807) is 13.2 Å². The van der Waals surface area contributed by atoms with Gasteiger partial charge in [0.1, 0.15) is 5.75 Å². The van der Waals surface area contributed by atoms with Crippen LogP contribution < -0.4 is 15.8 Å². The number of nitrogens with one attached hydrogen (secondary N) is 1. The number of ether oxygens (including phenoxy) is 1. The van der Waals surface area contributed by atoms with Gasteiger partial charge in [0.25, 0.3) is 0 Å². The summed E-state index contributed by atoms with van der Waals surface area (Å²) in [5, 5.41) is 4.35. The van der Waals surface area contributed by atoms with Crippen molar-refractivity contribution in [3.63, 3.8) is 0 Å². The molecule has 90 valence electrons. The highest BCUT2D eigenvalue weighted by molar-refractivity contribution is 6.34. The predicted molar refractivity (Wildman–Crippen MR) is 68.5 cm³/mol. The molecule has 1 unspecified atom stereocenters. The summed E-state index contributed by atoms with van der Waals surface area (Å²) >= 11 is 12.2. The summed E-state index contributed by atoms with van der Waals surface area (Å²) < 4.78 is 5.09. The van der Waals surface area contributed by atoms with Crippen LogP contribution in [-0.2, 0) is 0 Å². The van der Waals surface area contributed by atoms with Crippen LogP contribution in [0.25, 0.3) is 0 Å². The Morgan fingerprint density at radius 3 is 2.56 bits per heavy atom. The summed E-state index contributed by atoms with van der Waals surface area (Å²) in [6.07, 6.45) is 0.804. The van der Waals surface area contributed by atoms with Crippen molar-refractivity contribution in [2.24, 2.45) is 5.73 Å². The first-order valence-corrected chi connectivity index (χ1v) is 5.79. The topological polar surface area (TPSA) is 47.3 Å². The van der Waals surface area contributed by atoms with Crippen molar-refractivity contribution in [3.8, 4) is 5.75 Å². The van der Waals surface area contributed by atoms with Gasteiger partial charge in [0.2, 0.25) is 0 Å². The predicted octanol–water partition coefficient (Wildman–Crippen LogP) is 2.61. The van der Waals surface area contributed by atoms with Gasteiger partial charge in [-0.3, -0.25) is 0 Å². The zero-order valence-electron chi connectivity index (χ0n) is 9.39. The van der Waals surface area contributed by atoms with Crippen molar-refractivity contribution in [1.29, 1.82) is 0 Å². The smallest absolute Gasteiger partial charge is 0.138 e. The fourth-order valence-corrected chi connectivity index (χ4v) is 2.12. The molecule has 0 saturated carbocycles. The van der Waals surface area contributed by atoms with Crippen LogP contribution in [0.1, 0.15) is 18.0 Å².